The van der Waals surface area contributed by atoms with E-state index in [1.165, 1.54) is 25.7 Å². The van der Waals surface area contributed by atoms with Crippen molar-refractivity contribution >= 4 is 44.8 Å². The van der Waals surface area contributed by atoms with Gasteiger partial charge in [0.15, 0.2) is 0 Å². The molecule has 92 valence electrons. The maximum absolute atomic E-state index is 2.43. The van der Waals surface area contributed by atoms with Gasteiger partial charge in [-0.3, -0.25) is 0 Å². The number of thiophene rings is 1. The van der Waals surface area contributed by atoms with E-state index in [-0.39, 0.29) is 0 Å². The molecule has 2 aromatic carbocycles. The second-order valence-corrected chi connectivity index (χ2v) is 12.2. The molecular formula is C16H18SSi. The second-order valence-electron chi connectivity index (χ2n) is 6.06. The van der Waals surface area contributed by atoms with Crippen LogP contribution in [-0.2, 0) is 0 Å². The van der Waals surface area contributed by atoms with Crippen LogP contribution < -0.4 is 5.19 Å². The van der Waals surface area contributed by atoms with Crippen molar-refractivity contribution < 1.29 is 0 Å². The molecule has 0 atom stereocenters. The zero-order chi connectivity index (χ0) is 12.9. The third kappa shape index (κ3) is 1.90. The third-order valence-electron chi connectivity index (χ3n) is 3.49. The first-order valence-electron chi connectivity index (χ1n) is 6.38. The molecule has 0 aliphatic heterocycles. The van der Waals surface area contributed by atoms with Crippen molar-refractivity contribution in [3.8, 4) is 0 Å². The van der Waals surface area contributed by atoms with Crippen molar-refractivity contribution in [2.75, 3.05) is 0 Å². The summed E-state index contributed by atoms with van der Waals surface area (Å²) in [5.74, 6) is 0. The van der Waals surface area contributed by atoms with E-state index in [0.717, 1.165) is 0 Å². The van der Waals surface area contributed by atoms with Crippen LogP contribution in [0.25, 0.3) is 20.2 Å². The molecule has 2 heteroatoms. The molecule has 1 heterocycles. The van der Waals surface area contributed by atoms with Crippen molar-refractivity contribution in [2.45, 2.75) is 26.6 Å². The van der Waals surface area contributed by atoms with Crippen LogP contribution in [0.15, 0.2) is 36.4 Å². The van der Waals surface area contributed by atoms with Crippen LogP contribution >= 0.6 is 11.3 Å². The molecule has 0 radical (unpaired) electrons. The molecule has 1 aromatic heterocycles. The molecule has 0 saturated carbocycles. The SMILES string of the molecule is Cc1ccc2sc3ccc([Si](C)(C)C)cc3c2c1. The van der Waals surface area contributed by atoms with E-state index in [1.807, 2.05) is 11.3 Å². The molecule has 3 aromatic rings. The third-order valence-corrected chi connectivity index (χ3v) is 6.69. The number of benzene rings is 2. The summed E-state index contributed by atoms with van der Waals surface area (Å²) in [6.07, 6.45) is 0. The molecular weight excluding hydrogens is 252 g/mol. The zero-order valence-corrected chi connectivity index (χ0v) is 13.2. The number of rotatable bonds is 1. The molecule has 0 N–H and O–H groups in total. The van der Waals surface area contributed by atoms with Gasteiger partial charge in [0.05, 0.1) is 8.07 Å². The number of hydrogen-bond donors (Lipinski definition) is 0. The van der Waals surface area contributed by atoms with E-state index in [0.29, 0.717) is 0 Å². The van der Waals surface area contributed by atoms with Gasteiger partial charge in [0.1, 0.15) is 0 Å². The lowest BCUT2D eigenvalue weighted by atomic mass is 10.1. The lowest BCUT2D eigenvalue weighted by Gasteiger charge is -2.16. The minimum Gasteiger partial charge on any atom is -0.135 e. The van der Waals surface area contributed by atoms with Crippen LogP contribution in [0.5, 0.6) is 0 Å². The van der Waals surface area contributed by atoms with Crippen LogP contribution in [0.1, 0.15) is 5.56 Å². The molecule has 0 spiro atoms. The fraction of sp³-hybridized carbons (Fsp3) is 0.250. The van der Waals surface area contributed by atoms with Gasteiger partial charge in [0, 0.05) is 20.2 Å². The second kappa shape index (κ2) is 3.94. The van der Waals surface area contributed by atoms with E-state index < -0.39 is 8.07 Å². The first-order chi connectivity index (χ1) is 8.45. The average molecular weight is 270 g/mol. The van der Waals surface area contributed by atoms with E-state index in [9.17, 15) is 0 Å². The monoisotopic (exact) mass is 270 g/mol. The predicted molar refractivity (Wildman–Crippen MR) is 87.0 cm³/mol. The van der Waals surface area contributed by atoms with Gasteiger partial charge >= 0.3 is 0 Å². The quantitative estimate of drug-likeness (QED) is 0.551. The van der Waals surface area contributed by atoms with Crippen LogP contribution in [0.4, 0.5) is 0 Å². The normalized spacial score (nSPS) is 12.4. The Hall–Kier alpha value is -1.12. The summed E-state index contributed by atoms with van der Waals surface area (Å²) >= 11 is 1.91. The van der Waals surface area contributed by atoms with E-state index in [2.05, 4.69) is 63.0 Å². The fourth-order valence-corrected chi connectivity index (χ4v) is 4.59. The van der Waals surface area contributed by atoms with E-state index in [4.69, 9.17) is 0 Å². The summed E-state index contributed by atoms with van der Waals surface area (Å²) < 4.78 is 2.82. The Bertz CT molecular complexity index is 732. The summed E-state index contributed by atoms with van der Waals surface area (Å²) in [5, 5.41) is 4.42. The summed E-state index contributed by atoms with van der Waals surface area (Å²) in [5.41, 5.74) is 1.35. The Kier molecular flexibility index (Phi) is 2.61. The zero-order valence-electron chi connectivity index (χ0n) is 11.4. The molecule has 0 aliphatic carbocycles. The summed E-state index contributed by atoms with van der Waals surface area (Å²) in [7, 11) is -1.22. The molecule has 0 amide bonds. The Labute approximate surface area is 113 Å². The Balaban J connectivity index is 2.38. The highest BCUT2D eigenvalue weighted by molar-refractivity contribution is 7.25. The van der Waals surface area contributed by atoms with Crippen LogP contribution in [0.2, 0.25) is 19.6 Å². The van der Waals surface area contributed by atoms with Gasteiger partial charge in [-0.1, -0.05) is 48.6 Å². The molecule has 0 nitrogen and oxygen atoms in total. The van der Waals surface area contributed by atoms with Gasteiger partial charge in [-0.25, -0.2) is 0 Å². The smallest absolute Gasteiger partial charge is 0.0776 e. The molecule has 0 saturated heterocycles. The maximum atomic E-state index is 2.43. The van der Waals surface area contributed by atoms with E-state index >= 15 is 0 Å². The molecule has 0 aliphatic rings. The first-order valence-corrected chi connectivity index (χ1v) is 10.7. The van der Waals surface area contributed by atoms with Crippen LogP contribution in [0, 0.1) is 6.92 Å². The van der Waals surface area contributed by atoms with Crippen molar-refractivity contribution in [2.24, 2.45) is 0 Å². The number of fused-ring (bicyclic) bond motifs is 3. The lowest BCUT2D eigenvalue weighted by molar-refractivity contribution is 1.52. The lowest BCUT2D eigenvalue weighted by Crippen LogP contribution is -2.37. The van der Waals surface area contributed by atoms with Crippen molar-refractivity contribution in [3.63, 3.8) is 0 Å². The van der Waals surface area contributed by atoms with Gasteiger partial charge in [0.2, 0.25) is 0 Å². The largest absolute Gasteiger partial charge is 0.135 e. The fourth-order valence-electron chi connectivity index (χ4n) is 2.36. The van der Waals surface area contributed by atoms with Crippen LogP contribution in [0.3, 0.4) is 0 Å². The highest BCUT2D eigenvalue weighted by atomic mass is 32.1. The number of aryl methyl sites for hydroxylation is 1. The minimum absolute atomic E-state index is 1.22. The minimum atomic E-state index is -1.22. The predicted octanol–water partition coefficient (Wildman–Crippen LogP) is 4.91. The van der Waals surface area contributed by atoms with Gasteiger partial charge in [-0.2, -0.15) is 0 Å². The topological polar surface area (TPSA) is 0 Å². The van der Waals surface area contributed by atoms with Crippen molar-refractivity contribution in [3.05, 3.63) is 42.0 Å². The summed E-state index contributed by atoms with van der Waals surface area (Å²) in [4.78, 5) is 0. The summed E-state index contributed by atoms with van der Waals surface area (Å²) in [6, 6.07) is 13.8. The Morgan fingerprint density at radius 1 is 0.833 bits per heavy atom. The molecule has 18 heavy (non-hydrogen) atoms. The Morgan fingerprint density at radius 3 is 2.11 bits per heavy atom. The molecule has 3 rings (SSSR count). The average Bonchev–Trinajstić information content (AvgIpc) is 2.65. The van der Waals surface area contributed by atoms with Crippen molar-refractivity contribution in [1.29, 1.82) is 0 Å². The summed E-state index contributed by atoms with van der Waals surface area (Å²) in [6.45, 7) is 9.40. The van der Waals surface area contributed by atoms with Gasteiger partial charge < -0.3 is 0 Å². The highest BCUT2D eigenvalue weighted by Gasteiger charge is 2.17. The highest BCUT2D eigenvalue weighted by Crippen LogP contribution is 2.33. The molecule has 0 bridgehead atoms. The van der Waals surface area contributed by atoms with E-state index in [1.54, 1.807) is 5.19 Å². The Morgan fingerprint density at radius 2 is 1.44 bits per heavy atom. The molecule has 0 unspecified atom stereocenters. The first kappa shape index (κ1) is 11.9. The number of hydrogen-bond acceptors (Lipinski definition) is 1. The van der Waals surface area contributed by atoms with Gasteiger partial charge in [0.25, 0.3) is 0 Å². The van der Waals surface area contributed by atoms with Gasteiger partial charge in [-0.05, 0) is 25.1 Å². The van der Waals surface area contributed by atoms with Crippen molar-refractivity contribution in [1.82, 2.24) is 0 Å². The maximum Gasteiger partial charge on any atom is 0.0776 e. The molecule has 0 fully saturated rings. The van der Waals surface area contributed by atoms with Gasteiger partial charge in [-0.15, -0.1) is 11.3 Å². The van der Waals surface area contributed by atoms with Crippen LogP contribution in [-0.4, -0.2) is 8.07 Å². The standard InChI is InChI=1S/C16H18SSi/c1-11-5-7-15-13(9-11)14-10-12(18(2,3)4)6-8-16(14)17-15/h5-10H,1-4H3.